The molecule has 6 nitrogen and oxygen atoms in total. The van der Waals surface area contributed by atoms with Crippen LogP contribution in [0.25, 0.3) is 0 Å². The summed E-state index contributed by atoms with van der Waals surface area (Å²) in [4.78, 5) is 24.2. The summed E-state index contributed by atoms with van der Waals surface area (Å²) in [5, 5.41) is 5.63. The molecule has 0 aromatic carbocycles. The van der Waals surface area contributed by atoms with Crippen molar-refractivity contribution >= 4 is 12.0 Å². The Hall–Kier alpha value is -1.51. The molecule has 2 amide bonds. The highest BCUT2D eigenvalue weighted by Gasteiger charge is 2.34. The molecule has 1 aliphatic carbocycles. The van der Waals surface area contributed by atoms with Crippen molar-refractivity contribution in [3.63, 3.8) is 0 Å². The van der Waals surface area contributed by atoms with E-state index in [1.54, 1.807) is 20.8 Å². The van der Waals surface area contributed by atoms with Crippen LogP contribution in [0.3, 0.4) is 0 Å². The third kappa shape index (κ3) is 11.0. The van der Waals surface area contributed by atoms with Gasteiger partial charge in [0, 0.05) is 13.0 Å². The monoisotopic (exact) mass is 396 g/mol. The summed E-state index contributed by atoms with van der Waals surface area (Å²) in [6, 6.07) is 0. The van der Waals surface area contributed by atoms with E-state index >= 15 is 0 Å². The summed E-state index contributed by atoms with van der Waals surface area (Å²) >= 11 is 0. The maximum absolute atomic E-state index is 12.2. The average Bonchev–Trinajstić information content (AvgIpc) is 2.73. The van der Waals surface area contributed by atoms with Crippen molar-refractivity contribution in [3.05, 3.63) is 0 Å². The molecule has 9 heteroatoms. The van der Waals surface area contributed by atoms with E-state index in [1.807, 2.05) is 0 Å². The first-order valence-corrected chi connectivity index (χ1v) is 9.33. The summed E-state index contributed by atoms with van der Waals surface area (Å²) in [5.74, 6) is -0.410. The Morgan fingerprint density at radius 2 is 1.63 bits per heavy atom. The van der Waals surface area contributed by atoms with E-state index in [1.165, 1.54) is 0 Å². The minimum absolute atomic E-state index is 0.168. The van der Waals surface area contributed by atoms with Gasteiger partial charge >= 0.3 is 12.3 Å². The fraction of sp³-hybridized carbons (Fsp3) is 0.889. The smallest absolute Gasteiger partial charge is 0.411 e. The summed E-state index contributed by atoms with van der Waals surface area (Å²) in [6.45, 7) is 3.85. The molecular formula is C18H31F3N2O4. The predicted molar refractivity (Wildman–Crippen MR) is 94.3 cm³/mol. The van der Waals surface area contributed by atoms with Gasteiger partial charge in [0.1, 0.15) is 12.2 Å². The molecule has 0 aromatic heterocycles. The van der Waals surface area contributed by atoms with Gasteiger partial charge in [0.15, 0.2) is 0 Å². The lowest BCUT2D eigenvalue weighted by Gasteiger charge is -2.35. The van der Waals surface area contributed by atoms with Gasteiger partial charge in [-0.05, 0) is 33.6 Å². The van der Waals surface area contributed by atoms with Gasteiger partial charge in [0.05, 0.1) is 12.1 Å². The highest BCUT2D eigenvalue weighted by Crippen LogP contribution is 2.27. The number of nitrogens with one attached hydrogen (secondary N) is 2. The Morgan fingerprint density at radius 1 is 1.04 bits per heavy atom. The minimum Gasteiger partial charge on any atom is -0.444 e. The predicted octanol–water partition coefficient (Wildman–Crippen LogP) is 3.69. The topological polar surface area (TPSA) is 76.7 Å². The van der Waals surface area contributed by atoms with Crippen molar-refractivity contribution in [2.45, 2.75) is 83.0 Å². The molecule has 1 aliphatic rings. The fourth-order valence-electron chi connectivity index (χ4n) is 2.98. The second kappa shape index (κ2) is 10.1. The summed E-state index contributed by atoms with van der Waals surface area (Å²) in [6.07, 6.45) is 0.242. The highest BCUT2D eigenvalue weighted by molar-refractivity contribution is 5.76. The van der Waals surface area contributed by atoms with Crippen LogP contribution in [0.1, 0.15) is 65.7 Å². The van der Waals surface area contributed by atoms with E-state index in [0.29, 0.717) is 12.8 Å². The SMILES string of the molecule is CC(C)(C)OC(=O)NC1(CNC(=O)CCOCC(F)(F)F)CCCCCC1. The molecule has 0 aromatic rings. The lowest BCUT2D eigenvalue weighted by atomic mass is 9.90. The molecule has 158 valence electrons. The number of alkyl carbamates (subject to hydrolysis) is 1. The second-order valence-electron chi connectivity index (χ2n) is 8.02. The van der Waals surface area contributed by atoms with Gasteiger partial charge in [-0.15, -0.1) is 0 Å². The van der Waals surface area contributed by atoms with Crippen molar-refractivity contribution in [2.75, 3.05) is 19.8 Å². The third-order valence-corrected chi connectivity index (χ3v) is 4.19. The van der Waals surface area contributed by atoms with E-state index in [-0.39, 0.29) is 19.6 Å². The van der Waals surface area contributed by atoms with Gasteiger partial charge in [0.25, 0.3) is 0 Å². The Labute approximate surface area is 158 Å². The van der Waals surface area contributed by atoms with Gasteiger partial charge in [-0.3, -0.25) is 4.79 Å². The molecule has 0 aliphatic heterocycles. The van der Waals surface area contributed by atoms with E-state index in [0.717, 1.165) is 25.7 Å². The maximum Gasteiger partial charge on any atom is 0.411 e. The zero-order valence-corrected chi connectivity index (χ0v) is 16.3. The van der Waals surface area contributed by atoms with Crippen molar-refractivity contribution in [2.24, 2.45) is 0 Å². The van der Waals surface area contributed by atoms with Gasteiger partial charge in [-0.2, -0.15) is 13.2 Å². The average molecular weight is 396 g/mol. The molecule has 0 radical (unpaired) electrons. The molecule has 1 saturated carbocycles. The van der Waals surface area contributed by atoms with Crippen LogP contribution in [0.15, 0.2) is 0 Å². The van der Waals surface area contributed by atoms with Crippen LogP contribution in [0, 0.1) is 0 Å². The van der Waals surface area contributed by atoms with Crippen LogP contribution in [0.5, 0.6) is 0 Å². The minimum atomic E-state index is -4.40. The fourth-order valence-corrected chi connectivity index (χ4v) is 2.98. The molecule has 0 bridgehead atoms. The van der Waals surface area contributed by atoms with Gasteiger partial charge in [0.2, 0.25) is 5.91 Å². The normalized spacial score (nSPS) is 17.7. The zero-order valence-electron chi connectivity index (χ0n) is 16.3. The first-order valence-electron chi connectivity index (χ1n) is 9.33. The lowest BCUT2D eigenvalue weighted by molar-refractivity contribution is -0.174. The second-order valence-corrected chi connectivity index (χ2v) is 8.02. The zero-order chi connectivity index (χ0) is 20.6. The number of alkyl halides is 3. The molecule has 0 spiro atoms. The van der Waals surface area contributed by atoms with Crippen LogP contribution in [-0.2, 0) is 14.3 Å². The Balaban J connectivity index is 2.54. The molecule has 1 fully saturated rings. The molecule has 1 rings (SSSR count). The standard InChI is InChI=1S/C18H31F3N2O4/c1-16(2,3)27-15(25)23-17(9-6-4-5-7-10-17)12-22-14(24)8-11-26-13-18(19,20)21/h4-13H2,1-3H3,(H,22,24)(H,23,25). The molecular weight excluding hydrogens is 365 g/mol. The molecule has 2 N–H and O–H groups in total. The van der Waals surface area contributed by atoms with Crippen LogP contribution in [0.2, 0.25) is 0 Å². The Morgan fingerprint density at radius 3 is 2.15 bits per heavy atom. The first-order chi connectivity index (χ1) is 12.4. The van der Waals surface area contributed by atoms with Crippen molar-refractivity contribution in [1.82, 2.24) is 10.6 Å². The quantitative estimate of drug-likeness (QED) is 0.508. The summed E-state index contributed by atoms with van der Waals surface area (Å²) in [5.41, 5.74) is -1.24. The molecule has 27 heavy (non-hydrogen) atoms. The van der Waals surface area contributed by atoms with E-state index < -0.39 is 35.9 Å². The first kappa shape index (κ1) is 23.5. The number of halogens is 3. The number of carbonyl (C=O) groups is 2. The van der Waals surface area contributed by atoms with Crippen LogP contribution in [-0.4, -0.2) is 49.1 Å². The van der Waals surface area contributed by atoms with Crippen molar-refractivity contribution in [3.8, 4) is 0 Å². The van der Waals surface area contributed by atoms with Gasteiger partial charge in [-0.1, -0.05) is 25.7 Å². The maximum atomic E-state index is 12.2. The number of ether oxygens (including phenoxy) is 2. The lowest BCUT2D eigenvalue weighted by Crippen LogP contribution is -2.56. The van der Waals surface area contributed by atoms with Crippen molar-refractivity contribution < 1.29 is 32.2 Å². The number of carbonyl (C=O) groups excluding carboxylic acids is 2. The van der Waals surface area contributed by atoms with Gasteiger partial charge < -0.3 is 20.1 Å². The summed E-state index contributed by atoms with van der Waals surface area (Å²) < 4.78 is 45.8. The molecule has 0 saturated heterocycles. The number of hydrogen-bond acceptors (Lipinski definition) is 4. The molecule has 0 atom stereocenters. The van der Waals surface area contributed by atoms with Crippen LogP contribution >= 0.6 is 0 Å². The van der Waals surface area contributed by atoms with E-state index in [2.05, 4.69) is 15.4 Å². The van der Waals surface area contributed by atoms with Gasteiger partial charge in [-0.25, -0.2) is 4.79 Å². The van der Waals surface area contributed by atoms with Crippen LogP contribution in [0.4, 0.5) is 18.0 Å². The number of rotatable bonds is 7. The summed E-state index contributed by atoms with van der Waals surface area (Å²) in [7, 11) is 0. The third-order valence-electron chi connectivity index (χ3n) is 4.19. The van der Waals surface area contributed by atoms with E-state index in [4.69, 9.17) is 4.74 Å². The number of amides is 2. The van der Waals surface area contributed by atoms with Crippen molar-refractivity contribution in [1.29, 1.82) is 0 Å². The largest absolute Gasteiger partial charge is 0.444 e. The molecule has 0 heterocycles. The Bertz CT molecular complexity index is 482. The van der Waals surface area contributed by atoms with E-state index in [9.17, 15) is 22.8 Å². The Kier molecular flexibility index (Phi) is 8.84. The number of hydrogen-bond donors (Lipinski definition) is 2. The molecule has 0 unspecified atom stereocenters. The van der Waals surface area contributed by atoms with Crippen LogP contribution < -0.4 is 10.6 Å². The highest BCUT2D eigenvalue weighted by atomic mass is 19.4.